The van der Waals surface area contributed by atoms with Gasteiger partial charge in [-0.1, -0.05) is 13.8 Å². The number of β-amino-alcohol motifs (C(OH)–C–C–N with tert-alkyl or cyclic N) is 1. The molecule has 2 N–H and O–H groups in total. The summed E-state index contributed by atoms with van der Waals surface area (Å²) in [5.41, 5.74) is 0.258. The average molecular weight is 242 g/mol. The highest BCUT2D eigenvalue weighted by molar-refractivity contribution is 4.91. The maximum Gasteiger partial charge on any atom is 0.0679 e. The van der Waals surface area contributed by atoms with E-state index < -0.39 is 0 Å². The maximum atomic E-state index is 9.59. The third kappa shape index (κ3) is 3.65. The van der Waals surface area contributed by atoms with E-state index in [0.717, 1.165) is 52.2 Å². The first kappa shape index (κ1) is 13.3. The summed E-state index contributed by atoms with van der Waals surface area (Å²) in [6, 6.07) is 0.525. The van der Waals surface area contributed by atoms with Gasteiger partial charge in [0.15, 0.2) is 0 Å². The molecule has 17 heavy (non-hydrogen) atoms. The van der Waals surface area contributed by atoms with E-state index in [1.165, 1.54) is 0 Å². The van der Waals surface area contributed by atoms with E-state index in [9.17, 15) is 5.11 Å². The summed E-state index contributed by atoms with van der Waals surface area (Å²) in [6.07, 6.45) is 1.95. The van der Waals surface area contributed by atoms with Crippen LogP contribution in [0, 0.1) is 5.41 Å². The number of ether oxygens (including phenoxy) is 1. The average Bonchev–Trinajstić information content (AvgIpc) is 2.87. The van der Waals surface area contributed by atoms with Crippen molar-refractivity contribution in [3.63, 3.8) is 0 Å². The van der Waals surface area contributed by atoms with E-state index >= 15 is 0 Å². The number of nitrogens with one attached hydrogen (secondary N) is 1. The topological polar surface area (TPSA) is 44.7 Å². The fourth-order valence-corrected chi connectivity index (χ4v) is 2.82. The van der Waals surface area contributed by atoms with Gasteiger partial charge in [-0.15, -0.1) is 0 Å². The zero-order valence-corrected chi connectivity index (χ0v) is 11.1. The van der Waals surface area contributed by atoms with E-state index in [1.54, 1.807) is 0 Å². The van der Waals surface area contributed by atoms with Crippen LogP contribution in [0.25, 0.3) is 0 Å². The van der Waals surface area contributed by atoms with Crippen LogP contribution in [0.5, 0.6) is 0 Å². The lowest BCUT2D eigenvalue weighted by Crippen LogP contribution is -2.45. The molecule has 2 heterocycles. The van der Waals surface area contributed by atoms with Crippen LogP contribution in [-0.4, -0.2) is 61.5 Å². The van der Waals surface area contributed by atoms with Crippen LogP contribution < -0.4 is 5.32 Å². The van der Waals surface area contributed by atoms with Crippen LogP contribution in [0.3, 0.4) is 0 Å². The zero-order valence-electron chi connectivity index (χ0n) is 11.1. The van der Waals surface area contributed by atoms with Gasteiger partial charge in [-0.2, -0.15) is 0 Å². The Kier molecular flexibility index (Phi) is 4.42. The molecule has 2 rings (SSSR count). The van der Waals surface area contributed by atoms with Crippen molar-refractivity contribution in [1.29, 1.82) is 0 Å². The summed E-state index contributed by atoms with van der Waals surface area (Å²) in [5.74, 6) is 0. The van der Waals surface area contributed by atoms with Crippen LogP contribution in [0.15, 0.2) is 0 Å². The van der Waals surface area contributed by atoms with E-state index in [2.05, 4.69) is 24.1 Å². The summed E-state index contributed by atoms with van der Waals surface area (Å²) in [7, 11) is 0. The summed E-state index contributed by atoms with van der Waals surface area (Å²) >= 11 is 0. The first-order chi connectivity index (χ1) is 8.10. The van der Waals surface area contributed by atoms with Crippen molar-refractivity contribution in [3.05, 3.63) is 0 Å². The summed E-state index contributed by atoms with van der Waals surface area (Å²) in [4.78, 5) is 2.39. The van der Waals surface area contributed by atoms with Crippen LogP contribution in [-0.2, 0) is 4.74 Å². The molecule has 2 saturated heterocycles. The molecule has 0 aromatic carbocycles. The quantitative estimate of drug-likeness (QED) is 0.735. The molecule has 0 aliphatic carbocycles. The SMILES string of the molecule is CC(C)NCC1(CN2CCC(O)C2)CCOC1. The maximum absolute atomic E-state index is 9.59. The van der Waals surface area contributed by atoms with Crippen molar-refractivity contribution < 1.29 is 9.84 Å². The van der Waals surface area contributed by atoms with Gasteiger partial charge in [-0.05, 0) is 12.8 Å². The minimum Gasteiger partial charge on any atom is -0.392 e. The van der Waals surface area contributed by atoms with Crippen molar-refractivity contribution >= 4 is 0 Å². The van der Waals surface area contributed by atoms with E-state index in [1.807, 2.05) is 0 Å². The van der Waals surface area contributed by atoms with E-state index in [0.29, 0.717) is 6.04 Å². The second-order valence-corrected chi connectivity index (χ2v) is 6.02. The normalized spacial score (nSPS) is 34.9. The number of likely N-dealkylation sites (tertiary alicyclic amines) is 1. The molecule has 2 aliphatic heterocycles. The van der Waals surface area contributed by atoms with Crippen LogP contribution in [0.4, 0.5) is 0 Å². The monoisotopic (exact) mass is 242 g/mol. The molecule has 2 unspecified atom stereocenters. The van der Waals surface area contributed by atoms with Crippen LogP contribution in [0.2, 0.25) is 0 Å². The molecule has 4 heteroatoms. The summed E-state index contributed by atoms with van der Waals surface area (Å²) in [5, 5.41) is 13.1. The first-order valence-electron chi connectivity index (χ1n) is 6.81. The van der Waals surface area contributed by atoms with Gasteiger partial charge < -0.3 is 15.2 Å². The number of rotatable bonds is 5. The zero-order chi connectivity index (χ0) is 12.3. The standard InChI is InChI=1S/C13H26N2O2/c1-11(2)14-8-13(4-6-17-10-13)9-15-5-3-12(16)7-15/h11-12,14,16H,3-10H2,1-2H3. The number of hydrogen-bond acceptors (Lipinski definition) is 4. The second kappa shape index (κ2) is 5.65. The van der Waals surface area contributed by atoms with Gasteiger partial charge in [0, 0.05) is 44.2 Å². The Morgan fingerprint density at radius 2 is 2.35 bits per heavy atom. The number of aliphatic hydroxyl groups excluding tert-OH is 1. The molecule has 2 aliphatic rings. The van der Waals surface area contributed by atoms with Gasteiger partial charge >= 0.3 is 0 Å². The number of aliphatic hydroxyl groups is 1. The molecule has 4 nitrogen and oxygen atoms in total. The lowest BCUT2D eigenvalue weighted by molar-refractivity contribution is 0.107. The smallest absolute Gasteiger partial charge is 0.0679 e. The molecule has 100 valence electrons. The van der Waals surface area contributed by atoms with Crippen LogP contribution >= 0.6 is 0 Å². The Morgan fingerprint density at radius 1 is 1.53 bits per heavy atom. The Bertz CT molecular complexity index is 240. The van der Waals surface area contributed by atoms with Gasteiger partial charge in [0.25, 0.3) is 0 Å². The minimum atomic E-state index is -0.118. The third-order valence-corrected chi connectivity index (χ3v) is 3.88. The van der Waals surface area contributed by atoms with Gasteiger partial charge in [0.05, 0.1) is 12.7 Å². The lowest BCUT2D eigenvalue weighted by atomic mass is 9.86. The molecule has 0 aromatic heterocycles. The van der Waals surface area contributed by atoms with E-state index in [-0.39, 0.29) is 11.5 Å². The largest absolute Gasteiger partial charge is 0.392 e. The fourth-order valence-electron chi connectivity index (χ4n) is 2.82. The highest BCUT2D eigenvalue weighted by Gasteiger charge is 2.38. The molecule has 0 aromatic rings. The highest BCUT2D eigenvalue weighted by Crippen LogP contribution is 2.30. The summed E-state index contributed by atoms with van der Waals surface area (Å²) in [6.45, 7) is 10.1. The molecular formula is C13H26N2O2. The van der Waals surface area contributed by atoms with Gasteiger partial charge in [-0.3, -0.25) is 4.90 Å². The molecule has 2 fully saturated rings. The van der Waals surface area contributed by atoms with Crippen molar-refractivity contribution in [3.8, 4) is 0 Å². The van der Waals surface area contributed by atoms with E-state index in [4.69, 9.17) is 4.74 Å². The van der Waals surface area contributed by atoms with Crippen molar-refractivity contribution in [2.45, 2.75) is 38.8 Å². The number of nitrogens with zero attached hydrogens (tertiary/aromatic N) is 1. The molecule has 0 radical (unpaired) electrons. The second-order valence-electron chi connectivity index (χ2n) is 6.02. The van der Waals surface area contributed by atoms with Gasteiger partial charge in [0.2, 0.25) is 0 Å². The molecule has 0 saturated carbocycles. The van der Waals surface area contributed by atoms with Crippen molar-refractivity contribution in [1.82, 2.24) is 10.2 Å². The van der Waals surface area contributed by atoms with Crippen molar-refractivity contribution in [2.24, 2.45) is 5.41 Å². The Morgan fingerprint density at radius 3 is 2.88 bits per heavy atom. The van der Waals surface area contributed by atoms with Crippen molar-refractivity contribution in [2.75, 3.05) is 39.4 Å². The Balaban J connectivity index is 1.87. The highest BCUT2D eigenvalue weighted by atomic mass is 16.5. The lowest BCUT2D eigenvalue weighted by Gasteiger charge is -2.33. The molecular weight excluding hydrogens is 216 g/mol. The molecule has 0 bridgehead atoms. The predicted molar refractivity (Wildman–Crippen MR) is 68.1 cm³/mol. The van der Waals surface area contributed by atoms with Crippen LogP contribution in [0.1, 0.15) is 26.7 Å². The fraction of sp³-hybridized carbons (Fsp3) is 1.00. The minimum absolute atomic E-state index is 0.118. The molecule has 0 amide bonds. The third-order valence-electron chi connectivity index (χ3n) is 3.88. The van der Waals surface area contributed by atoms with Gasteiger partial charge in [-0.25, -0.2) is 0 Å². The molecule has 0 spiro atoms. The predicted octanol–water partition coefficient (Wildman–Crippen LogP) is 0.458. The molecule has 2 atom stereocenters. The van der Waals surface area contributed by atoms with Gasteiger partial charge in [0.1, 0.15) is 0 Å². The Labute approximate surface area is 104 Å². The first-order valence-corrected chi connectivity index (χ1v) is 6.81. The summed E-state index contributed by atoms with van der Waals surface area (Å²) < 4.78 is 5.60. The number of hydrogen-bond donors (Lipinski definition) is 2. The Hall–Kier alpha value is -0.160.